The maximum Gasteiger partial charge on any atom is 0.407 e. The first-order chi connectivity index (χ1) is 16.9. The van der Waals surface area contributed by atoms with Gasteiger partial charge in [-0.25, -0.2) is 9.78 Å². The average molecular weight is 492 g/mol. The van der Waals surface area contributed by atoms with Crippen molar-refractivity contribution >= 4 is 29.3 Å². The molecular formula is C26H25N3O5S. The molecule has 2 N–H and O–H groups in total. The molecule has 0 unspecified atom stereocenters. The normalized spacial score (nSPS) is 15.6. The Morgan fingerprint density at radius 1 is 1.11 bits per heavy atom. The summed E-state index contributed by atoms with van der Waals surface area (Å²) in [5.74, 6) is -1.13. The van der Waals surface area contributed by atoms with Gasteiger partial charge >= 0.3 is 12.1 Å². The summed E-state index contributed by atoms with van der Waals surface area (Å²) < 4.78 is 5.53. The molecule has 5 rings (SSSR count). The summed E-state index contributed by atoms with van der Waals surface area (Å²) in [6, 6.07) is 16.3. The molecule has 3 aromatic rings. The number of carboxylic acids is 1. The van der Waals surface area contributed by atoms with E-state index < -0.39 is 17.5 Å². The topological polar surface area (TPSA) is 109 Å². The van der Waals surface area contributed by atoms with E-state index in [2.05, 4.69) is 34.6 Å². The number of aromatic nitrogens is 1. The maximum atomic E-state index is 12.6. The Kier molecular flexibility index (Phi) is 6.02. The smallest absolute Gasteiger partial charge is 0.407 e. The highest BCUT2D eigenvalue weighted by Crippen LogP contribution is 2.44. The number of likely N-dealkylation sites (tertiary alicyclic amines) is 1. The van der Waals surface area contributed by atoms with Crippen LogP contribution in [0.15, 0.2) is 54.7 Å². The molecule has 9 heteroatoms. The summed E-state index contributed by atoms with van der Waals surface area (Å²) in [5, 5.41) is 12.7. The highest BCUT2D eigenvalue weighted by Gasteiger charge is 2.50. The van der Waals surface area contributed by atoms with Crippen LogP contribution >= 0.6 is 11.3 Å². The lowest BCUT2D eigenvalue weighted by Crippen LogP contribution is -2.61. The van der Waals surface area contributed by atoms with Crippen LogP contribution < -0.4 is 5.32 Å². The molecule has 1 aliphatic heterocycles. The summed E-state index contributed by atoms with van der Waals surface area (Å²) in [6.45, 7) is 2.57. The first-order valence-corrected chi connectivity index (χ1v) is 12.3. The number of carbonyl (C=O) groups is 3. The lowest BCUT2D eigenvalue weighted by atomic mass is 9.77. The van der Waals surface area contributed by atoms with E-state index >= 15 is 0 Å². The van der Waals surface area contributed by atoms with Crippen LogP contribution in [0.1, 0.15) is 45.1 Å². The van der Waals surface area contributed by atoms with Gasteiger partial charge in [0.25, 0.3) is 5.91 Å². The minimum atomic E-state index is -0.874. The van der Waals surface area contributed by atoms with Gasteiger partial charge in [0.05, 0.1) is 12.7 Å². The minimum absolute atomic E-state index is 0.0187. The number of rotatable bonds is 7. The molecule has 0 radical (unpaired) electrons. The van der Waals surface area contributed by atoms with Gasteiger partial charge in [-0.1, -0.05) is 55.5 Å². The number of nitrogens with zero attached hydrogens (tertiary/aromatic N) is 2. The molecule has 1 aliphatic carbocycles. The van der Waals surface area contributed by atoms with Crippen LogP contribution in [0.5, 0.6) is 0 Å². The lowest BCUT2D eigenvalue weighted by molar-refractivity contribution is -0.158. The number of alkyl carbamates (subject to hydrolysis) is 1. The molecule has 0 saturated carbocycles. The quantitative estimate of drug-likeness (QED) is 0.515. The number of hydrogen-bond acceptors (Lipinski definition) is 6. The van der Waals surface area contributed by atoms with Gasteiger partial charge in [0, 0.05) is 19.0 Å². The second kappa shape index (κ2) is 9.14. The van der Waals surface area contributed by atoms with Crippen molar-refractivity contribution < 1.29 is 24.2 Å². The molecule has 8 nitrogen and oxygen atoms in total. The Morgan fingerprint density at radius 3 is 2.34 bits per heavy atom. The van der Waals surface area contributed by atoms with Gasteiger partial charge in [0.15, 0.2) is 0 Å². The van der Waals surface area contributed by atoms with E-state index in [4.69, 9.17) is 4.74 Å². The number of thiazole rings is 1. The summed E-state index contributed by atoms with van der Waals surface area (Å²) in [7, 11) is 0. The van der Waals surface area contributed by atoms with Crippen molar-refractivity contribution in [1.29, 1.82) is 0 Å². The second-order valence-electron chi connectivity index (χ2n) is 8.90. The molecule has 180 valence electrons. The molecule has 0 spiro atoms. The SMILES string of the molecule is CCC1(C(=O)O)CN(C(=O)c2cnc(CNC(=O)OCC3c4ccccc4-c4ccccc43)s2)C1. The van der Waals surface area contributed by atoms with Gasteiger partial charge in [-0.3, -0.25) is 9.59 Å². The number of carbonyl (C=O) groups excluding carboxylic acids is 2. The molecule has 2 aromatic carbocycles. The third-order valence-corrected chi connectivity index (χ3v) is 7.88. The first-order valence-electron chi connectivity index (χ1n) is 11.5. The van der Waals surface area contributed by atoms with Gasteiger partial charge < -0.3 is 20.1 Å². The van der Waals surface area contributed by atoms with Gasteiger partial charge in [0.1, 0.15) is 21.9 Å². The zero-order valence-electron chi connectivity index (χ0n) is 19.2. The third kappa shape index (κ3) is 4.16. The largest absolute Gasteiger partial charge is 0.481 e. The average Bonchev–Trinajstić information content (AvgIpc) is 3.44. The van der Waals surface area contributed by atoms with Crippen LogP contribution in [0, 0.1) is 5.41 Å². The summed E-state index contributed by atoms with van der Waals surface area (Å²) in [4.78, 5) is 42.6. The Morgan fingerprint density at radius 2 is 1.74 bits per heavy atom. The molecule has 35 heavy (non-hydrogen) atoms. The van der Waals surface area contributed by atoms with Crippen molar-refractivity contribution in [3.63, 3.8) is 0 Å². The van der Waals surface area contributed by atoms with E-state index in [9.17, 15) is 19.5 Å². The second-order valence-corrected chi connectivity index (χ2v) is 10.0. The fourth-order valence-corrected chi connectivity index (χ4v) is 5.61. The van der Waals surface area contributed by atoms with Crippen molar-refractivity contribution in [2.45, 2.75) is 25.8 Å². The summed E-state index contributed by atoms with van der Waals surface area (Å²) >= 11 is 1.18. The number of fused-ring (bicyclic) bond motifs is 3. The molecule has 2 amide bonds. The van der Waals surface area contributed by atoms with Gasteiger partial charge in [-0.05, 0) is 28.7 Å². The van der Waals surface area contributed by atoms with Gasteiger partial charge in [-0.15, -0.1) is 11.3 Å². The van der Waals surface area contributed by atoms with Crippen molar-refractivity contribution in [1.82, 2.24) is 15.2 Å². The van der Waals surface area contributed by atoms with E-state index in [1.165, 1.54) is 33.6 Å². The Bertz CT molecular complexity index is 1250. The molecule has 1 fully saturated rings. The summed E-state index contributed by atoms with van der Waals surface area (Å²) in [6.07, 6.45) is 1.39. The van der Waals surface area contributed by atoms with Crippen molar-refractivity contribution in [3.05, 3.63) is 75.7 Å². The zero-order valence-corrected chi connectivity index (χ0v) is 20.0. The molecular weight excluding hydrogens is 466 g/mol. The van der Waals surface area contributed by atoms with Crippen LogP contribution in [-0.2, 0) is 16.1 Å². The van der Waals surface area contributed by atoms with Crippen LogP contribution in [0.2, 0.25) is 0 Å². The number of ether oxygens (including phenoxy) is 1. The third-order valence-electron chi connectivity index (χ3n) is 6.90. The number of hydrogen-bond donors (Lipinski definition) is 2. The Balaban J connectivity index is 1.14. The summed E-state index contributed by atoms with van der Waals surface area (Å²) in [5.41, 5.74) is 3.77. The molecule has 0 bridgehead atoms. The van der Waals surface area contributed by atoms with Gasteiger partial charge in [0.2, 0.25) is 0 Å². The van der Waals surface area contributed by atoms with Crippen molar-refractivity contribution in [3.8, 4) is 11.1 Å². The van der Waals surface area contributed by atoms with Crippen LogP contribution in [0.3, 0.4) is 0 Å². The van der Waals surface area contributed by atoms with Crippen molar-refractivity contribution in [2.24, 2.45) is 5.41 Å². The van der Waals surface area contributed by atoms with E-state index in [-0.39, 0.29) is 38.1 Å². The molecule has 2 heterocycles. The molecule has 1 saturated heterocycles. The zero-order chi connectivity index (χ0) is 24.6. The number of aliphatic carboxylic acids is 1. The monoisotopic (exact) mass is 491 g/mol. The molecule has 2 aliphatic rings. The lowest BCUT2D eigenvalue weighted by Gasteiger charge is -2.46. The molecule has 1 aromatic heterocycles. The minimum Gasteiger partial charge on any atom is -0.481 e. The van der Waals surface area contributed by atoms with E-state index in [1.54, 1.807) is 0 Å². The fraction of sp³-hybridized carbons (Fsp3) is 0.308. The van der Waals surface area contributed by atoms with E-state index in [0.29, 0.717) is 16.3 Å². The predicted octanol–water partition coefficient (Wildman–Crippen LogP) is 4.12. The number of carboxylic acid groups (broad SMARTS) is 1. The van der Waals surface area contributed by atoms with Crippen LogP contribution in [-0.4, -0.2) is 52.7 Å². The van der Waals surface area contributed by atoms with E-state index in [0.717, 1.165) is 11.1 Å². The fourth-order valence-electron chi connectivity index (χ4n) is 4.78. The standard InChI is InChI=1S/C26H25N3O5S/c1-2-26(24(31)32)14-29(15-26)23(30)21-11-27-22(35-21)12-28-25(33)34-13-20-18-9-5-3-7-16(18)17-8-4-6-10-19(17)20/h3-11,20H,2,12-15H2,1H3,(H,28,33)(H,31,32). The Hall–Kier alpha value is -3.72. The first kappa shape index (κ1) is 23.0. The highest BCUT2D eigenvalue weighted by molar-refractivity contribution is 7.13. The maximum absolute atomic E-state index is 12.6. The van der Waals surface area contributed by atoms with Crippen molar-refractivity contribution in [2.75, 3.05) is 19.7 Å². The Labute approximate surface area is 206 Å². The number of benzene rings is 2. The predicted molar refractivity (Wildman–Crippen MR) is 130 cm³/mol. The van der Waals surface area contributed by atoms with Crippen LogP contribution in [0.4, 0.5) is 4.79 Å². The van der Waals surface area contributed by atoms with Gasteiger partial charge in [-0.2, -0.15) is 0 Å². The van der Waals surface area contributed by atoms with Crippen LogP contribution in [0.25, 0.3) is 11.1 Å². The van der Waals surface area contributed by atoms with E-state index in [1.807, 2.05) is 31.2 Å². The number of nitrogens with one attached hydrogen (secondary N) is 1. The number of amides is 2. The molecule has 0 atom stereocenters. The highest BCUT2D eigenvalue weighted by atomic mass is 32.1.